The zero-order valence-corrected chi connectivity index (χ0v) is 41.3. The predicted molar refractivity (Wildman–Crippen MR) is 277 cm³/mol. The highest BCUT2D eigenvalue weighted by atomic mass is 16.6. The lowest BCUT2D eigenvalue weighted by Crippen LogP contribution is -2.15. The lowest BCUT2D eigenvalue weighted by molar-refractivity contribution is 0.00430. The van der Waals surface area contributed by atoms with Crippen LogP contribution in [0.15, 0.2) is 134 Å². The van der Waals surface area contributed by atoms with Gasteiger partial charge in [-0.15, -0.1) is 0 Å². The van der Waals surface area contributed by atoms with E-state index in [0.29, 0.717) is 125 Å². The standard InChI is InChI=1S/C58H62N2O14/c61-57(51-9-5-45(6-10-51)1-3-47-13-17-59-18-14-47)73-43-49-37-53-41-54(38-49)70-34-30-66-26-22-64-24-28-68-32-36-72-56-40-50(39-55(42-56)71-35-31-67-27-23-63-21-25-65-29-33-69-53)44-74-58(62)52-11-7-46(8-12-52)2-4-48-15-19-60-20-16-48/h1-20,37-42H,21-36,43-44H2/b3-1+,4-2+. The molecule has 0 amide bonds. The van der Waals surface area contributed by atoms with Crippen molar-refractivity contribution in [3.63, 3.8) is 0 Å². The molecule has 0 N–H and O–H groups in total. The molecule has 4 aromatic carbocycles. The fourth-order valence-electron chi connectivity index (χ4n) is 6.98. The molecule has 16 nitrogen and oxygen atoms in total. The Kier molecular flexibility index (Phi) is 23.4. The summed E-state index contributed by atoms with van der Waals surface area (Å²) in [6.07, 6.45) is 14.8. The minimum atomic E-state index is -0.453. The van der Waals surface area contributed by atoms with Crippen molar-refractivity contribution < 1.29 is 66.4 Å². The molecule has 388 valence electrons. The number of pyridine rings is 2. The number of fused-ring (bicyclic) bond motifs is 4. The summed E-state index contributed by atoms with van der Waals surface area (Å²) in [5, 5.41) is 0. The third-order valence-corrected chi connectivity index (χ3v) is 10.7. The molecule has 0 spiro atoms. The smallest absolute Gasteiger partial charge is 0.338 e. The monoisotopic (exact) mass is 1010 g/mol. The summed E-state index contributed by atoms with van der Waals surface area (Å²) >= 11 is 0. The third-order valence-electron chi connectivity index (χ3n) is 10.7. The maximum atomic E-state index is 13.0. The molecule has 2 aromatic heterocycles. The van der Waals surface area contributed by atoms with E-state index in [4.69, 9.17) is 56.8 Å². The fourth-order valence-corrected chi connectivity index (χ4v) is 6.98. The molecule has 4 bridgehead atoms. The number of ether oxygens (including phenoxy) is 12. The number of aromatic nitrogens is 2. The highest BCUT2D eigenvalue weighted by molar-refractivity contribution is 5.90. The van der Waals surface area contributed by atoms with Crippen molar-refractivity contribution in [3.8, 4) is 23.0 Å². The summed E-state index contributed by atoms with van der Waals surface area (Å²) < 4.78 is 69.8. The van der Waals surface area contributed by atoms with Crippen LogP contribution in [0.2, 0.25) is 0 Å². The van der Waals surface area contributed by atoms with E-state index in [1.54, 1.807) is 85.5 Å². The molecule has 1 aliphatic rings. The lowest BCUT2D eigenvalue weighted by Gasteiger charge is -2.14. The second-order valence-electron chi connectivity index (χ2n) is 16.3. The van der Waals surface area contributed by atoms with E-state index in [0.717, 1.165) is 22.3 Å². The third kappa shape index (κ3) is 20.6. The zero-order valence-electron chi connectivity index (χ0n) is 41.3. The Labute approximate surface area is 431 Å². The van der Waals surface area contributed by atoms with Gasteiger partial charge < -0.3 is 56.8 Å². The number of hydrogen-bond donors (Lipinski definition) is 0. The van der Waals surface area contributed by atoms with Crippen LogP contribution in [0.4, 0.5) is 0 Å². The largest absolute Gasteiger partial charge is 0.491 e. The quantitative estimate of drug-likeness (QED) is 0.119. The van der Waals surface area contributed by atoms with E-state index in [2.05, 4.69) is 9.97 Å². The maximum Gasteiger partial charge on any atom is 0.338 e. The van der Waals surface area contributed by atoms with Gasteiger partial charge in [0.25, 0.3) is 0 Å². The number of rotatable bonds is 10. The number of carbonyl (C=O) groups excluding carboxylic acids is 2. The number of benzene rings is 4. The highest BCUT2D eigenvalue weighted by Crippen LogP contribution is 2.26. The van der Waals surface area contributed by atoms with Gasteiger partial charge in [-0.05, 0) is 106 Å². The minimum Gasteiger partial charge on any atom is -0.491 e. The van der Waals surface area contributed by atoms with Crippen LogP contribution in [-0.2, 0) is 51.1 Å². The van der Waals surface area contributed by atoms with Crippen molar-refractivity contribution in [2.24, 2.45) is 0 Å². The van der Waals surface area contributed by atoms with Crippen molar-refractivity contribution >= 4 is 36.2 Å². The van der Waals surface area contributed by atoms with Gasteiger partial charge in [0.2, 0.25) is 0 Å². The Morgan fingerprint density at radius 1 is 0.351 bits per heavy atom. The zero-order chi connectivity index (χ0) is 51.1. The van der Waals surface area contributed by atoms with Crippen LogP contribution in [0.5, 0.6) is 23.0 Å². The summed E-state index contributed by atoms with van der Waals surface area (Å²) in [6, 6.07) is 32.8. The summed E-state index contributed by atoms with van der Waals surface area (Å²) in [5.74, 6) is 1.23. The Hall–Kier alpha value is -7.44. The molecular weight excluding hydrogens is 949 g/mol. The number of esters is 2. The van der Waals surface area contributed by atoms with Crippen LogP contribution in [-0.4, -0.2) is 128 Å². The van der Waals surface area contributed by atoms with Crippen LogP contribution >= 0.6 is 0 Å². The summed E-state index contributed by atoms with van der Waals surface area (Å²) in [7, 11) is 0. The Morgan fingerprint density at radius 2 is 0.608 bits per heavy atom. The van der Waals surface area contributed by atoms with Gasteiger partial charge >= 0.3 is 11.9 Å². The van der Waals surface area contributed by atoms with Gasteiger partial charge in [0, 0.05) is 36.9 Å². The van der Waals surface area contributed by atoms with Gasteiger partial charge in [-0.3, -0.25) is 9.97 Å². The van der Waals surface area contributed by atoms with Crippen molar-refractivity contribution in [2.45, 2.75) is 13.2 Å². The van der Waals surface area contributed by atoms with E-state index in [9.17, 15) is 9.59 Å². The van der Waals surface area contributed by atoms with Gasteiger partial charge in [0.15, 0.2) is 0 Å². The molecule has 0 unspecified atom stereocenters. The van der Waals surface area contributed by atoms with Crippen molar-refractivity contribution in [3.05, 3.63) is 178 Å². The molecule has 0 fully saturated rings. The van der Waals surface area contributed by atoms with Crippen molar-refractivity contribution in [1.29, 1.82) is 0 Å². The van der Waals surface area contributed by atoms with E-state index in [-0.39, 0.29) is 39.6 Å². The molecule has 3 heterocycles. The van der Waals surface area contributed by atoms with Crippen LogP contribution in [0.25, 0.3) is 24.3 Å². The van der Waals surface area contributed by atoms with Gasteiger partial charge in [-0.2, -0.15) is 0 Å². The fraction of sp³-hybridized carbons (Fsp3) is 0.310. The maximum absolute atomic E-state index is 13.0. The Morgan fingerprint density at radius 3 is 0.892 bits per heavy atom. The molecule has 0 saturated carbocycles. The van der Waals surface area contributed by atoms with Crippen LogP contribution in [0.3, 0.4) is 0 Å². The molecule has 16 heteroatoms. The second-order valence-corrected chi connectivity index (χ2v) is 16.3. The molecule has 6 aromatic rings. The molecule has 0 atom stereocenters. The number of carbonyl (C=O) groups is 2. The van der Waals surface area contributed by atoms with Crippen molar-refractivity contribution in [1.82, 2.24) is 9.97 Å². The second kappa shape index (κ2) is 31.9. The summed E-state index contributed by atoms with van der Waals surface area (Å²) in [6.45, 7) is 5.31. The van der Waals surface area contributed by atoms with Crippen LogP contribution in [0, 0.1) is 0 Å². The van der Waals surface area contributed by atoms with Gasteiger partial charge in [-0.1, -0.05) is 48.6 Å². The van der Waals surface area contributed by atoms with Crippen molar-refractivity contribution in [2.75, 3.05) is 106 Å². The normalized spacial score (nSPS) is 15.5. The average Bonchev–Trinajstić information content (AvgIpc) is 3.43. The Bertz CT molecular complexity index is 2380. The first-order valence-electron chi connectivity index (χ1n) is 24.5. The molecular formula is C58H62N2O14. The van der Waals surface area contributed by atoms with E-state index in [1.165, 1.54) is 0 Å². The topological polar surface area (TPSA) is 171 Å². The predicted octanol–water partition coefficient (Wildman–Crippen LogP) is 8.86. The molecule has 7 rings (SSSR count). The molecule has 0 radical (unpaired) electrons. The lowest BCUT2D eigenvalue weighted by atomic mass is 10.1. The minimum absolute atomic E-state index is 0.00498. The number of hydrogen-bond acceptors (Lipinski definition) is 16. The summed E-state index contributed by atoms with van der Waals surface area (Å²) in [5.41, 5.74) is 6.19. The summed E-state index contributed by atoms with van der Waals surface area (Å²) in [4.78, 5) is 34.1. The highest BCUT2D eigenvalue weighted by Gasteiger charge is 2.12. The molecule has 1 aliphatic heterocycles. The van der Waals surface area contributed by atoms with Crippen LogP contribution < -0.4 is 18.9 Å². The molecule has 74 heavy (non-hydrogen) atoms. The van der Waals surface area contributed by atoms with Gasteiger partial charge in [0.1, 0.15) is 62.6 Å². The SMILES string of the molecule is O=C(OCc1cc2cc(c1)OCCOCCOCCOCCOc1cc(COC(=O)c3ccc(/C=C/c4ccncc4)cc3)cc(c1)OCCOCCOCCOCCO2)c1ccc(/C=C/c2ccncc2)cc1. The van der Waals surface area contributed by atoms with E-state index in [1.807, 2.05) is 72.8 Å². The Balaban J connectivity index is 0.849. The van der Waals surface area contributed by atoms with E-state index >= 15 is 0 Å². The average molecular weight is 1010 g/mol. The first kappa shape index (κ1) is 54.3. The molecule has 0 aliphatic carbocycles. The number of nitrogens with zero attached hydrogens (tertiary/aromatic N) is 2. The van der Waals surface area contributed by atoms with Gasteiger partial charge in [0.05, 0.1) is 90.4 Å². The van der Waals surface area contributed by atoms with Crippen LogP contribution in [0.1, 0.15) is 54.1 Å². The first-order valence-corrected chi connectivity index (χ1v) is 24.5. The molecule has 0 saturated heterocycles. The van der Waals surface area contributed by atoms with Gasteiger partial charge in [-0.25, -0.2) is 9.59 Å². The first-order chi connectivity index (χ1) is 36.5. The van der Waals surface area contributed by atoms with E-state index < -0.39 is 11.9 Å².